The molecule has 1 heterocycles. The predicted octanol–water partition coefficient (Wildman–Crippen LogP) is 2.03. The van der Waals surface area contributed by atoms with Gasteiger partial charge in [-0.25, -0.2) is 8.42 Å². The van der Waals surface area contributed by atoms with Gasteiger partial charge >= 0.3 is 0 Å². The van der Waals surface area contributed by atoms with E-state index in [2.05, 4.69) is 19.3 Å². The van der Waals surface area contributed by atoms with Crippen LogP contribution in [0.5, 0.6) is 0 Å². The number of anilines is 1. The van der Waals surface area contributed by atoms with Crippen LogP contribution in [0.2, 0.25) is 0 Å². The van der Waals surface area contributed by atoms with Crippen LogP contribution in [-0.2, 0) is 10.0 Å². The largest absolute Gasteiger partial charge is 0.324 e. The standard InChI is InChI=1S/C14H23N3O2S/c1-11(2)12-7-9-17(10-8-12)20(18,19)14-5-3-13(16-15)4-6-14/h3-6,11-12,16H,7-10,15H2,1-2H3. The molecule has 1 aliphatic heterocycles. The number of nitrogen functional groups attached to an aromatic ring is 1. The molecule has 20 heavy (non-hydrogen) atoms. The second-order valence-electron chi connectivity index (χ2n) is 5.65. The molecular weight excluding hydrogens is 274 g/mol. The molecule has 0 spiro atoms. The minimum atomic E-state index is -3.37. The van der Waals surface area contributed by atoms with Gasteiger partial charge in [-0.15, -0.1) is 0 Å². The van der Waals surface area contributed by atoms with Crippen molar-refractivity contribution in [2.75, 3.05) is 18.5 Å². The third-order valence-corrected chi connectivity index (χ3v) is 6.01. The van der Waals surface area contributed by atoms with E-state index in [4.69, 9.17) is 5.84 Å². The minimum Gasteiger partial charge on any atom is -0.324 e. The molecule has 1 fully saturated rings. The van der Waals surface area contributed by atoms with Crippen LogP contribution < -0.4 is 11.3 Å². The number of hydrazine groups is 1. The number of nitrogens with zero attached hydrogens (tertiary/aromatic N) is 1. The van der Waals surface area contributed by atoms with E-state index in [1.807, 2.05) is 0 Å². The van der Waals surface area contributed by atoms with Crippen LogP contribution in [0.25, 0.3) is 0 Å². The van der Waals surface area contributed by atoms with Crippen molar-refractivity contribution in [3.8, 4) is 0 Å². The van der Waals surface area contributed by atoms with Crippen LogP contribution in [0.4, 0.5) is 5.69 Å². The first-order valence-electron chi connectivity index (χ1n) is 7.02. The molecule has 5 nitrogen and oxygen atoms in total. The average molecular weight is 297 g/mol. The van der Waals surface area contributed by atoms with E-state index in [0.29, 0.717) is 35.5 Å². The molecule has 0 aliphatic carbocycles. The number of nitrogens with one attached hydrogen (secondary N) is 1. The molecule has 0 saturated carbocycles. The van der Waals surface area contributed by atoms with E-state index < -0.39 is 10.0 Å². The molecule has 0 unspecified atom stereocenters. The minimum absolute atomic E-state index is 0.333. The second kappa shape index (κ2) is 6.11. The van der Waals surface area contributed by atoms with Crippen LogP contribution in [0.3, 0.4) is 0 Å². The van der Waals surface area contributed by atoms with Crippen molar-refractivity contribution in [3.05, 3.63) is 24.3 Å². The summed E-state index contributed by atoms with van der Waals surface area (Å²) in [6, 6.07) is 6.54. The van der Waals surface area contributed by atoms with Crippen LogP contribution in [-0.4, -0.2) is 25.8 Å². The first-order valence-corrected chi connectivity index (χ1v) is 8.46. The zero-order valence-electron chi connectivity index (χ0n) is 12.0. The van der Waals surface area contributed by atoms with E-state index in [1.165, 1.54) is 0 Å². The first-order chi connectivity index (χ1) is 9.45. The smallest absolute Gasteiger partial charge is 0.243 e. The molecule has 6 heteroatoms. The summed E-state index contributed by atoms with van der Waals surface area (Å²) < 4.78 is 26.7. The normalized spacial score (nSPS) is 18.4. The summed E-state index contributed by atoms with van der Waals surface area (Å²) in [4.78, 5) is 0.333. The molecule has 0 amide bonds. The lowest BCUT2D eigenvalue weighted by atomic mass is 9.87. The van der Waals surface area contributed by atoms with E-state index in [-0.39, 0.29) is 0 Å². The van der Waals surface area contributed by atoms with Gasteiger partial charge in [-0.05, 0) is 48.9 Å². The quantitative estimate of drug-likeness (QED) is 0.658. The lowest BCUT2D eigenvalue weighted by Gasteiger charge is -2.33. The highest BCUT2D eigenvalue weighted by Gasteiger charge is 2.30. The van der Waals surface area contributed by atoms with Gasteiger partial charge in [0.15, 0.2) is 0 Å². The Kier molecular flexibility index (Phi) is 4.67. The summed E-state index contributed by atoms with van der Waals surface area (Å²) in [5.74, 6) is 6.54. The Bertz CT molecular complexity index is 532. The molecule has 1 aromatic rings. The Morgan fingerprint density at radius 2 is 1.75 bits per heavy atom. The number of hydrogen-bond acceptors (Lipinski definition) is 4. The van der Waals surface area contributed by atoms with Gasteiger partial charge in [-0.1, -0.05) is 13.8 Å². The van der Waals surface area contributed by atoms with Crippen molar-refractivity contribution in [2.45, 2.75) is 31.6 Å². The van der Waals surface area contributed by atoms with Crippen LogP contribution in [0.15, 0.2) is 29.2 Å². The third kappa shape index (κ3) is 3.13. The van der Waals surface area contributed by atoms with Crippen molar-refractivity contribution in [1.82, 2.24) is 4.31 Å². The zero-order valence-corrected chi connectivity index (χ0v) is 12.9. The number of piperidine rings is 1. The molecule has 3 N–H and O–H groups in total. The number of hydrogen-bond donors (Lipinski definition) is 2. The van der Waals surface area contributed by atoms with Gasteiger partial charge in [-0.3, -0.25) is 5.84 Å². The van der Waals surface area contributed by atoms with E-state index >= 15 is 0 Å². The maximum Gasteiger partial charge on any atom is 0.243 e. The summed E-state index contributed by atoms with van der Waals surface area (Å²) in [5, 5.41) is 0. The van der Waals surface area contributed by atoms with Crippen LogP contribution in [0.1, 0.15) is 26.7 Å². The van der Waals surface area contributed by atoms with Gasteiger partial charge < -0.3 is 5.43 Å². The van der Waals surface area contributed by atoms with Gasteiger partial charge in [0.05, 0.1) is 4.90 Å². The lowest BCUT2D eigenvalue weighted by Crippen LogP contribution is -2.39. The number of benzene rings is 1. The summed E-state index contributed by atoms with van der Waals surface area (Å²) in [6.45, 7) is 5.63. The number of rotatable bonds is 4. The molecule has 1 aromatic carbocycles. The third-order valence-electron chi connectivity index (χ3n) is 4.10. The van der Waals surface area contributed by atoms with Crippen molar-refractivity contribution >= 4 is 15.7 Å². The summed E-state index contributed by atoms with van der Waals surface area (Å²) in [6.07, 6.45) is 1.89. The molecule has 1 aliphatic rings. The highest BCUT2D eigenvalue weighted by Crippen LogP contribution is 2.28. The fourth-order valence-electron chi connectivity index (χ4n) is 2.65. The van der Waals surface area contributed by atoms with Gasteiger partial charge in [0.1, 0.15) is 0 Å². The molecule has 0 bridgehead atoms. The Labute approximate surface area is 121 Å². The summed E-state index contributed by atoms with van der Waals surface area (Å²) >= 11 is 0. The molecule has 2 rings (SSSR count). The molecular formula is C14H23N3O2S. The fourth-order valence-corrected chi connectivity index (χ4v) is 4.12. The molecule has 0 radical (unpaired) electrons. The molecule has 112 valence electrons. The maximum absolute atomic E-state index is 12.5. The number of nitrogens with two attached hydrogens (primary N) is 1. The second-order valence-corrected chi connectivity index (χ2v) is 7.59. The Balaban J connectivity index is 2.11. The van der Waals surface area contributed by atoms with Crippen molar-refractivity contribution in [2.24, 2.45) is 17.7 Å². The summed E-state index contributed by atoms with van der Waals surface area (Å²) in [5.41, 5.74) is 3.19. The van der Waals surface area contributed by atoms with Gasteiger partial charge in [0, 0.05) is 18.8 Å². The van der Waals surface area contributed by atoms with Gasteiger partial charge in [-0.2, -0.15) is 4.31 Å². The van der Waals surface area contributed by atoms with E-state index in [9.17, 15) is 8.42 Å². The topological polar surface area (TPSA) is 75.4 Å². The van der Waals surface area contributed by atoms with Crippen molar-refractivity contribution in [1.29, 1.82) is 0 Å². The van der Waals surface area contributed by atoms with Gasteiger partial charge in [0.2, 0.25) is 10.0 Å². The van der Waals surface area contributed by atoms with E-state index in [1.54, 1.807) is 28.6 Å². The average Bonchev–Trinajstić information content (AvgIpc) is 2.47. The predicted molar refractivity (Wildman–Crippen MR) is 80.6 cm³/mol. The fraction of sp³-hybridized carbons (Fsp3) is 0.571. The highest BCUT2D eigenvalue weighted by molar-refractivity contribution is 7.89. The van der Waals surface area contributed by atoms with Crippen LogP contribution >= 0.6 is 0 Å². The van der Waals surface area contributed by atoms with Crippen LogP contribution in [0, 0.1) is 11.8 Å². The van der Waals surface area contributed by atoms with E-state index in [0.717, 1.165) is 12.8 Å². The maximum atomic E-state index is 12.5. The van der Waals surface area contributed by atoms with Crippen molar-refractivity contribution < 1.29 is 8.42 Å². The highest BCUT2D eigenvalue weighted by atomic mass is 32.2. The SMILES string of the molecule is CC(C)C1CCN(S(=O)(=O)c2ccc(NN)cc2)CC1. The Morgan fingerprint density at radius 1 is 1.20 bits per heavy atom. The lowest BCUT2D eigenvalue weighted by molar-refractivity contribution is 0.226. The Morgan fingerprint density at radius 3 is 2.20 bits per heavy atom. The number of sulfonamides is 1. The monoisotopic (exact) mass is 297 g/mol. The summed E-state index contributed by atoms with van der Waals surface area (Å²) in [7, 11) is -3.37. The molecule has 0 atom stereocenters. The van der Waals surface area contributed by atoms with Gasteiger partial charge in [0.25, 0.3) is 0 Å². The first kappa shape index (κ1) is 15.3. The van der Waals surface area contributed by atoms with Crippen molar-refractivity contribution in [3.63, 3.8) is 0 Å². The molecule has 1 saturated heterocycles. The Hall–Kier alpha value is -1.11. The zero-order chi connectivity index (χ0) is 14.8. The molecule has 0 aromatic heterocycles.